The van der Waals surface area contributed by atoms with Crippen LogP contribution in [0.3, 0.4) is 0 Å². The van der Waals surface area contributed by atoms with Crippen molar-refractivity contribution >= 4 is 28.3 Å². The van der Waals surface area contributed by atoms with Gasteiger partial charge in [0.15, 0.2) is 0 Å². The number of amides is 1. The molecule has 0 aliphatic carbocycles. The van der Waals surface area contributed by atoms with Gasteiger partial charge in [-0.05, 0) is 12.1 Å². The minimum Gasteiger partial charge on any atom is -0.478 e. The van der Waals surface area contributed by atoms with Crippen molar-refractivity contribution in [3.63, 3.8) is 0 Å². The van der Waals surface area contributed by atoms with Crippen LogP contribution in [0, 0.1) is 0 Å². The first-order chi connectivity index (χ1) is 11.8. The largest absolute Gasteiger partial charge is 0.478 e. The summed E-state index contributed by atoms with van der Waals surface area (Å²) in [4.78, 5) is 27.0. The van der Waals surface area contributed by atoms with E-state index < -0.39 is 29.3 Å². The Bertz CT molecular complexity index is 1070. The molecule has 25 heavy (non-hydrogen) atoms. The van der Waals surface area contributed by atoms with E-state index in [-0.39, 0.29) is 11.4 Å². The van der Waals surface area contributed by atoms with Crippen LogP contribution < -0.4 is 5.32 Å². The SMILES string of the molecule is O=C(O)c1ccn(-c2cnc3c4c(cccc24)NC3=O)c1C(F)(F)F. The van der Waals surface area contributed by atoms with Crippen molar-refractivity contribution < 1.29 is 27.9 Å². The van der Waals surface area contributed by atoms with Crippen LogP contribution in [0.15, 0.2) is 36.7 Å². The second kappa shape index (κ2) is 4.82. The van der Waals surface area contributed by atoms with E-state index in [9.17, 15) is 22.8 Å². The number of anilines is 1. The molecule has 0 radical (unpaired) electrons. The van der Waals surface area contributed by atoms with Crippen molar-refractivity contribution in [1.29, 1.82) is 0 Å². The van der Waals surface area contributed by atoms with Crippen molar-refractivity contribution in [2.24, 2.45) is 0 Å². The van der Waals surface area contributed by atoms with Crippen LogP contribution in [0.2, 0.25) is 0 Å². The van der Waals surface area contributed by atoms with Gasteiger partial charge in [-0.15, -0.1) is 0 Å². The Morgan fingerprint density at radius 1 is 1.24 bits per heavy atom. The highest BCUT2D eigenvalue weighted by Gasteiger charge is 2.40. The van der Waals surface area contributed by atoms with Gasteiger partial charge in [-0.3, -0.25) is 4.79 Å². The molecule has 0 unspecified atom stereocenters. The molecule has 2 aromatic heterocycles. The second-order valence-electron chi connectivity index (χ2n) is 5.43. The van der Waals surface area contributed by atoms with Crippen molar-refractivity contribution in [3.05, 3.63) is 53.6 Å². The Morgan fingerprint density at radius 2 is 2.00 bits per heavy atom. The number of rotatable bonds is 2. The van der Waals surface area contributed by atoms with Crippen molar-refractivity contribution in [1.82, 2.24) is 9.55 Å². The first-order valence-corrected chi connectivity index (χ1v) is 7.04. The number of benzene rings is 1. The summed E-state index contributed by atoms with van der Waals surface area (Å²) in [5, 5.41) is 12.4. The number of carboxylic acids is 1. The Kier molecular flexibility index (Phi) is 2.93. The number of halogens is 3. The van der Waals surface area contributed by atoms with Crippen molar-refractivity contribution in [3.8, 4) is 5.69 Å². The lowest BCUT2D eigenvalue weighted by Gasteiger charge is -2.15. The first kappa shape index (κ1) is 15.2. The van der Waals surface area contributed by atoms with E-state index in [1.165, 1.54) is 0 Å². The lowest BCUT2D eigenvalue weighted by molar-refractivity contribution is -0.142. The van der Waals surface area contributed by atoms with Crippen LogP contribution in [0.1, 0.15) is 26.5 Å². The third-order valence-electron chi connectivity index (χ3n) is 4.00. The normalized spacial score (nSPS) is 13.3. The lowest BCUT2D eigenvalue weighted by atomic mass is 10.1. The van der Waals surface area contributed by atoms with Crippen molar-refractivity contribution in [2.45, 2.75) is 6.18 Å². The maximum absolute atomic E-state index is 13.5. The number of carbonyl (C=O) groups excluding carboxylic acids is 1. The molecular weight excluding hydrogens is 339 g/mol. The summed E-state index contributed by atoms with van der Waals surface area (Å²) in [5.41, 5.74) is -1.55. The van der Waals surface area contributed by atoms with Gasteiger partial charge in [0.05, 0.1) is 23.1 Å². The minimum atomic E-state index is -4.88. The molecule has 1 aliphatic heterocycles. The molecule has 0 atom stereocenters. The number of alkyl halides is 3. The van der Waals surface area contributed by atoms with E-state index in [2.05, 4.69) is 10.3 Å². The zero-order valence-corrected chi connectivity index (χ0v) is 12.3. The van der Waals surface area contributed by atoms with E-state index in [1.807, 2.05) is 0 Å². The average molecular weight is 347 g/mol. The molecule has 0 spiro atoms. The summed E-state index contributed by atoms with van der Waals surface area (Å²) >= 11 is 0. The van der Waals surface area contributed by atoms with Gasteiger partial charge in [0, 0.05) is 17.0 Å². The quantitative estimate of drug-likeness (QED) is 0.745. The number of carboxylic acid groups (broad SMARTS) is 1. The number of aromatic nitrogens is 2. The van der Waals surface area contributed by atoms with Crippen LogP contribution in [-0.4, -0.2) is 26.5 Å². The molecule has 1 aromatic carbocycles. The molecule has 4 rings (SSSR count). The fourth-order valence-corrected chi connectivity index (χ4v) is 3.03. The first-order valence-electron chi connectivity index (χ1n) is 7.04. The fourth-order valence-electron chi connectivity index (χ4n) is 3.03. The standard InChI is InChI=1S/C16H8F3N3O3/c17-16(18,19)13-8(15(24)25)4-5-22(13)10-6-20-12-11-7(10)2-1-3-9(11)21-14(12)23/h1-6H,(H,21,23)(H,24,25). The van der Waals surface area contributed by atoms with Gasteiger partial charge in [0.1, 0.15) is 11.4 Å². The summed E-state index contributed by atoms with van der Waals surface area (Å²) in [7, 11) is 0. The summed E-state index contributed by atoms with van der Waals surface area (Å²) in [6.45, 7) is 0. The monoisotopic (exact) mass is 347 g/mol. The van der Waals surface area contributed by atoms with Gasteiger partial charge in [-0.25, -0.2) is 9.78 Å². The van der Waals surface area contributed by atoms with E-state index in [4.69, 9.17) is 5.11 Å². The molecule has 2 N–H and O–H groups in total. The van der Waals surface area contributed by atoms with E-state index in [0.29, 0.717) is 16.5 Å². The topological polar surface area (TPSA) is 84.2 Å². The van der Waals surface area contributed by atoms with Crippen LogP contribution in [0.25, 0.3) is 16.5 Å². The fraction of sp³-hybridized carbons (Fsp3) is 0.0625. The highest BCUT2D eigenvalue weighted by atomic mass is 19.4. The molecule has 0 saturated carbocycles. The van der Waals surface area contributed by atoms with Gasteiger partial charge < -0.3 is 15.0 Å². The third kappa shape index (κ3) is 2.09. The van der Waals surface area contributed by atoms with Crippen LogP contribution in [0.4, 0.5) is 18.9 Å². The molecule has 9 heteroatoms. The number of nitrogens with zero attached hydrogens (tertiary/aromatic N) is 2. The predicted octanol–water partition coefficient (Wildman–Crippen LogP) is 3.31. The molecule has 0 saturated heterocycles. The molecule has 6 nitrogen and oxygen atoms in total. The van der Waals surface area contributed by atoms with Crippen molar-refractivity contribution in [2.75, 3.05) is 5.32 Å². The molecule has 126 valence electrons. The maximum Gasteiger partial charge on any atom is 0.432 e. The Labute approximate surface area is 137 Å². The molecule has 0 bridgehead atoms. The van der Waals surface area contributed by atoms with Gasteiger partial charge in [0.25, 0.3) is 5.91 Å². The summed E-state index contributed by atoms with van der Waals surface area (Å²) < 4.78 is 41.1. The molecular formula is C16H8F3N3O3. The number of pyridine rings is 1. The lowest BCUT2D eigenvalue weighted by Crippen LogP contribution is -2.17. The maximum atomic E-state index is 13.5. The van der Waals surface area contributed by atoms with Crippen LogP contribution >= 0.6 is 0 Å². The highest BCUT2D eigenvalue weighted by Crippen LogP contribution is 2.39. The number of hydrogen-bond donors (Lipinski definition) is 2. The second-order valence-corrected chi connectivity index (χ2v) is 5.43. The minimum absolute atomic E-state index is 0.0388. The average Bonchev–Trinajstić information content (AvgIpc) is 3.11. The Morgan fingerprint density at radius 3 is 2.68 bits per heavy atom. The Hall–Kier alpha value is -3.36. The molecule has 1 aliphatic rings. The number of hydrogen-bond acceptors (Lipinski definition) is 3. The van der Waals surface area contributed by atoms with E-state index in [0.717, 1.165) is 23.0 Å². The number of aromatic carboxylic acids is 1. The van der Waals surface area contributed by atoms with Crippen LogP contribution in [-0.2, 0) is 6.18 Å². The van der Waals surface area contributed by atoms with Crippen LogP contribution in [0.5, 0.6) is 0 Å². The highest BCUT2D eigenvalue weighted by molar-refractivity contribution is 6.23. The molecule has 0 fully saturated rings. The molecule has 1 amide bonds. The van der Waals surface area contributed by atoms with Gasteiger partial charge in [-0.1, -0.05) is 12.1 Å². The van der Waals surface area contributed by atoms with E-state index >= 15 is 0 Å². The number of nitrogens with one attached hydrogen (secondary N) is 1. The summed E-state index contributed by atoms with van der Waals surface area (Å²) in [6.07, 6.45) is -2.72. The van der Waals surface area contributed by atoms with Gasteiger partial charge in [-0.2, -0.15) is 13.2 Å². The molecule has 3 aromatic rings. The summed E-state index contributed by atoms with van der Waals surface area (Å²) in [5.74, 6) is -2.12. The molecule has 3 heterocycles. The van der Waals surface area contributed by atoms with Gasteiger partial charge >= 0.3 is 12.1 Å². The Balaban J connectivity index is 2.07. The predicted molar refractivity (Wildman–Crippen MR) is 81.0 cm³/mol. The zero-order valence-electron chi connectivity index (χ0n) is 12.3. The zero-order chi connectivity index (χ0) is 17.9. The summed E-state index contributed by atoms with van der Waals surface area (Å²) in [6, 6.07) is 5.65. The smallest absolute Gasteiger partial charge is 0.432 e. The van der Waals surface area contributed by atoms with E-state index in [1.54, 1.807) is 18.2 Å². The number of carbonyl (C=O) groups is 2. The van der Waals surface area contributed by atoms with Gasteiger partial charge in [0.2, 0.25) is 0 Å². The third-order valence-corrected chi connectivity index (χ3v) is 4.00.